The van der Waals surface area contributed by atoms with E-state index in [0.717, 1.165) is 19.3 Å². The number of carboxylic acids is 1. The Hall–Kier alpha value is -2.18. The second-order valence-electron chi connectivity index (χ2n) is 5.36. The molecule has 108 valence electrons. The number of rotatable bonds is 6. The van der Waals surface area contributed by atoms with Gasteiger partial charge in [-0.3, -0.25) is 14.9 Å². The molecular weight excluding hydrogens is 262 g/mol. The predicted octanol–water partition coefficient (Wildman–Crippen LogP) is 2.36. The Kier molecular flexibility index (Phi) is 3.87. The molecule has 20 heavy (non-hydrogen) atoms. The summed E-state index contributed by atoms with van der Waals surface area (Å²) >= 11 is 0. The van der Waals surface area contributed by atoms with E-state index in [9.17, 15) is 14.9 Å². The fraction of sp³-hybridized carbons (Fsp3) is 0.538. The summed E-state index contributed by atoms with van der Waals surface area (Å²) in [4.78, 5) is 25.5. The summed E-state index contributed by atoms with van der Waals surface area (Å²) in [6.45, 7) is 2.05. The average Bonchev–Trinajstić information content (AvgIpc) is 2.31. The zero-order valence-corrected chi connectivity index (χ0v) is 11.3. The molecule has 0 amide bonds. The van der Waals surface area contributed by atoms with Gasteiger partial charge in [-0.2, -0.15) is 0 Å². The van der Waals surface area contributed by atoms with Crippen molar-refractivity contribution < 1.29 is 14.8 Å². The molecule has 0 bridgehead atoms. The molecule has 2 N–H and O–H groups in total. The van der Waals surface area contributed by atoms with Gasteiger partial charge in [0.1, 0.15) is 0 Å². The molecule has 0 unspecified atom stereocenters. The zero-order valence-electron chi connectivity index (χ0n) is 11.3. The SMILES string of the molecule is Cc1ccnc(NCC2(CC(=O)O)CCC2)c1[N+](=O)[O-]. The number of aromatic nitrogens is 1. The second-order valence-corrected chi connectivity index (χ2v) is 5.36. The minimum atomic E-state index is -0.835. The number of aryl methyl sites for hydroxylation is 1. The Bertz CT molecular complexity index is 540. The van der Waals surface area contributed by atoms with Crippen LogP contribution in [0.5, 0.6) is 0 Å². The molecule has 1 heterocycles. The minimum Gasteiger partial charge on any atom is -0.481 e. The van der Waals surface area contributed by atoms with Crippen LogP contribution in [0.2, 0.25) is 0 Å². The fourth-order valence-corrected chi connectivity index (χ4v) is 2.60. The van der Waals surface area contributed by atoms with Crippen LogP contribution in [0.25, 0.3) is 0 Å². The van der Waals surface area contributed by atoms with Gasteiger partial charge in [0.15, 0.2) is 0 Å². The van der Waals surface area contributed by atoms with Crippen LogP contribution in [0.3, 0.4) is 0 Å². The van der Waals surface area contributed by atoms with Gasteiger partial charge in [0.25, 0.3) is 0 Å². The molecule has 0 atom stereocenters. The highest BCUT2D eigenvalue weighted by Gasteiger charge is 2.39. The van der Waals surface area contributed by atoms with E-state index >= 15 is 0 Å². The number of pyridine rings is 1. The highest BCUT2D eigenvalue weighted by Crippen LogP contribution is 2.44. The Labute approximate surface area is 116 Å². The van der Waals surface area contributed by atoms with Crippen LogP contribution in [-0.2, 0) is 4.79 Å². The zero-order chi connectivity index (χ0) is 14.8. The van der Waals surface area contributed by atoms with Gasteiger partial charge in [-0.15, -0.1) is 0 Å². The molecule has 2 rings (SSSR count). The monoisotopic (exact) mass is 279 g/mol. The van der Waals surface area contributed by atoms with E-state index in [-0.39, 0.29) is 23.3 Å². The Morgan fingerprint density at radius 1 is 1.60 bits per heavy atom. The number of carbonyl (C=O) groups is 1. The molecule has 1 fully saturated rings. The third kappa shape index (κ3) is 2.87. The average molecular weight is 279 g/mol. The molecule has 7 nitrogen and oxygen atoms in total. The number of hydrogen-bond acceptors (Lipinski definition) is 5. The summed E-state index contributed by atoms with van der Waals surface area (Å²) in [6, 6.07) is 1.58. The van der Waals surface area contributed by atoms with Crippen LogP contribution in [0.15, 0.2) is 12.3 Å². The lowest BCUT2D eigenvalue weighted by molar-refractivity contribution is -0.384. The largest absolute Gasteiger partial charge is 0.481 e. The van der Waals surface area contributed by atoms with Crippen molar-refractivity contribution in [2.45, 2.75) is 32.6 Å². The molecule has 1 aromatic rings. The lowest BCUT2D eigenvalue weighted by Gasteiger charge is -2.40. The fourth-order valence-electron chi connectivity index (χ4n) is 2.60. The summed E-state index contributed by atoms with van der Waals surface area (Å²) in [6.07, 6.45) is 4.24. The van der Waals surface area contributed by atoms with Crippen molar-refractivity contribution in [1.82, 2.24) is 4.98 Å². The Morgan fingerprint density at radius 3 is 2.80 bits per heavy atom. The first-order valence-electron chi connectivity index (χ1n) is 6.49. The maximum atomic E-state index is 11.1. The lowest BCUT2D eigenvalue weighted by Crippen LogP contribution is -2.38. The number of carboxylic acid groups (broad SMARTS) is 1. The summed E-state index contributed by atoms with van der Waals surface area (Å²) in [5, 5.41) is 23.0. The Balaban J connectivity index is 2.13. The van der Waals surface area contributed by atoms with E-state index in [1.54, 1.807) is 13.0 Å². The highest BCUT2D eigenvalue weighted by molar-refractivity contribution is 5.68. The van der Waals surface area contributed by atoms with Gasteiger partial charge in [0.05, 0.1) is 11.3 Å². The highest BCUT2D eigenvalue weighted by atomic mass is 16.6. The number of anilines is 1. The van der Waals surface area contributed by atoms with Gasteiger partial charge < -0.3 is 10.4 Å². The Morgan fingerprint density at radius 2 is 2.30 bits per heavy atom. The maximum absolute atomic E-state index is 11.1. The molecule has 7 heteroatoms. The first-order chi connectivity index (χ1) is 9.43. The molecule has 1 aromatic heterocycles. The van der Waals surface area contributed by atoms with Gasteiger partial charge in [-0.05, 0) is 31.2 Å². The number of nitro groups is 1. The van der Waals surface area contributed by atoms with Gasteiger partial charge in [-0.25, -0.2) is 4.98 Å². The lowest BCUT2D eigenvalue weighted by atomic mass is 9.66. The smallest absolute Gasteiger partial charge is 0.314 e. The van der Waals surface area contributed by atoms with Crippen molar-refractivity contribution in [3.8, 4) is 0 Å². The summed E-state index contributed by atoms with van der Waals surface area (Å²) in [7, 11) is 0. The van der Waals surface area contributed by atoms with Gasteiger partial charge in [0, 0.05) is 18.3 Å². The molecular formula is C13H17N3O4. The molecule has 1 saturated carbocycles. The van der Waals surface area contributed by atoms with Crippen molar-refractivity contribution in [1.29, 1.82) is 0 Å². The quantitative estimate of drug-likeness (QED) is 0.611. The van der Waals surface area contributed by atoms with Crippen molar-refractivity contribution in [3.05, 3.63) is 27.9 Å². The third-order valence-electron chi connectivity index (χ3n) is 3.88. The molecule has 0 aliphatic heterocycles. The van der Waals surface area contributed by atoms with Crippen LogP contribution in [0, 0.1) is 22.5 Å². The molecule has 0 aromatic carbocycles. The number of hydrogen-bond donors (Lipinski definition) is 2. The molecule has 1 aliphatic rings. The van der Waals surface area contributed by atoms with E-state index < -0.39 is 10.9 Å². The van der Waals surface area contributed by atoms with Crippen molar-refractivity contribution in [3.63, 3.8) is 0 Å². The maximum Gasteiger partial charge on any atom is 0.314 e. The van der Waals surface area contributed by atoms with Crippen LogP contribution in [0.1, 0.15) is 31.2 Å². The van der Waals surface area contributed by atoms with E-state index in [0.29, 0.717) is 12.1 Å². The predicted molar refractivity (Wildman–Crippen MR) is 72.7 cm³/mol. The van der Waals surface area contributed by atoms with Crippen molar-refractivity contribution in [2.75, 3.05) is 11.9 Å². The first kappa shape index (κ1) is 14.2. The summed E-state index contributed by atoms with van der Waals surface area (Å²) < 4.78 is 0. The standard InChI is InChI=1S/C13H17N3O4/c1-9-3-6-14-12(11(9)16(19)20)15-8-13(4-2-5-13)7-10(17)18/h3,6H,2,4-5,7-8H2,1H3,(H,14,15)(H,17,18). The molecule has 0 saturated heterocycles. The molecule has 0 radical (unpaired) electrons. The van der Waals surface area contributed by atoms with Gasteiger partial charge in [-0.1, -0.05) is 6.42 Å². The van der Waals surface area contributed by atoms with Crippen molar-refractivity contribution >= 4 is 17.5 Å². The summed E-state index contributed by atoms with van der Waals surface area (Å²) in [5.41, 5.74) is 0.191. The van der Waals surface area contributed by atoms with Gasteiger partial charge >= 0.3 is 11.7 Å². The first-order valence-corrected chi connectivity index (χ1v) is 6.49. The van der Waals surface area contributed by atoms with Crippen LogP contribution in [-0.4, -0.2) is 27.5 Å². The topological polar surface area (TPSA) is 105 Å². The van der Waals surface area contributed by atoms with Crippen molar-refractivity contribution in [2.24, 2.45) is 5.41 Å². The minimum absolute atomic E-state index is 0.0442. The van der Waals surface area contributed by atoms with E-state index in [2.05, 4.69) is 10.3 Å². The van der Waals surface area contributed by atoms with E-state index in [1.165, 1.54) is 6.20 Å². The number of nitrogens with one attached hydrogen (secondary N) is 1. The number of nitrogens with zero attached hydrogens (tertiary/aromatic N) is 2. The number of aliphatic carboxylic acids is 1. The molecule has 1 aliphatic carbocycles. The van der Waals surface area contributed by atoms with Crippen LogP contribution in [0.4, 0.5) is 11.5 Å². The van der Waals surface area contributed by atoms with Crippen LogP contribution >= 0.6 is 0 Å². The van der Waals surface area contributed by atoms with Gasteiger partial charge in [0.2, 0.25) is 5.82 Å². The van der Waals surface area contributed by atoms with E-state index in [4.69, 9.17) is 5.11 Å². The molecule has 0 spiro atoms. The normalized spacial score (nSPS) is 16.2. The summed E-state index contributed by atoms with van der Waals surface area (Å²) in [5.74, 6) is -0.620. The second kappa shape index (κ2) is 5.44. The van der Waals surface area contributed by atoms with E-state index in [1.807, 2.05) is 0 Å². The third-order valence-corrected chi connectivity index (χ3v) is 3.88. The van der Waals surface area contributed by atoms with Crippen LogP contribution < -0.4 is 5.32 Å².